The van der Waals surface area contributed by atoms with Crippen molar-refractivity contribution in [1.82, 2.24) is 5.32 Å². The van der Waals surface area contributed by atoms with E-state index in [4.69, 9.17) is 14.2 Å². The van der Waals surface area contributed by atoms with E-state index < -0.39 is 5.97 Å². The molecule has 6 heteroatoms. The van der Waals surface area contributed by atoms with Crippen LogP contribution in [0.3, 0.4) is 0 Å². The van der Waals surface area contributed by atoms with Crippen molar-refractivity contribution in [3.8, 4) is 0 Å². The first-order valence-corrected chi connectivity index (χ1v) is 7.52. The van der Waals surface area contributed by atoms with Crippen LogP contribution in [0, 0.1) is 0 Å². The molecule has 0 saturated carbocycles. The van der Waals surface area contributed by atoms with Gasteiger partial charge in [0.05, 0.1) is 6.61 Å². The van der Waals surface area contributed by atoms with E-state index in [2.05, 4.69) is 18.5 Å². The van der Waals surface area contributed by atoms with Crippen LogP contribution in [0.15, 0.2) is 25.3 Å². The minimum Gasteiger partial charge on any atom is -0.463 e. The molecule has 0 aliphatic heterocycles. The molecule has 1 unspecified atom stereocenters. The molecule has 126 valence electrons. The summed E-state index contributed by atoms with van der Waals surface area (Å²) in [6.07, 6.45) is 5.38. The molecule has 1 amide bonds. The third-order valence-corrected chi connectivity index (χ3v) is 2.71. The lowest BCUT2D eigenvalue weighted by atomic mass is 10.3. The molecule has 0 rings (SSSR count). The van der Waals surface area contributed by atoms with Crippen LogP contribution in [-0.2, 0) is 23.8 Å². The Kier molecular flexibility index (Phi) is 13.2. The molecule has 0 heterocycles. The van der Waals surface area contributed by atoms with E-state index in [0.717, 1.165) is 31.8 Å². The molecule has 0 aliphatic carbocycles. The predicted octanol–water partition coefficient (Wildman–Crippen LogP) is 1.96. The molecule has 0 fully saturated rings. The molecule has 0 radical (unpaired) electrons. The lowest BCUT2D eigenvalue weighted by Gasteiger charge is -2.14. The van der Waals surface area contributed by atoms with Gasteiger partial charge in [0.25, 0.3) is 0 Å². The summed E-state index contributed by atoms with van der Waals surface area (Å²) >= 11 is 0. The quantitative estimate of drug-likeness (QED) is 0.230. The van der Waals surface area contributed by atoms with Crippen molar-refractivity contribution >= 4 is 11.9 Å². The van der Waals surface area contributed by atoms with Gasteiger partial charge in [-0.1, -0.05) is 13.2 Å². The van der Waals surface area contributed by atoms with Gasteiger partial charge in [-0.2, -0.15) is 0 Å². The van der Waals surface area contributed by atoms with Crippen LogP contribution in [-0.4, -0.2) is 44.5 Å². The van der Waals surface area contributed by atoms with Crippen molar-refractivity contribution in [2.45, 2.75) is 38.9 Å². The van der Waals surface area contributed by atoms with Crippen molar-refractivity contribution in [1.29, 1.82) is 0 Å². The molecule has 0 aromatic rings. The van der Waals surface area contributed by atoms with Crippen molar-refractivity contribution in [3.05, 3.63) is 25.3 Å². The van der Waals surface area contributed by atoms with Gasteiger partial charge in [0.1, 0.15) is 0 Å². The van der Waals surface area contributed by atoms with E-state index in [-0.39, 0.29) is 12.2 Å². The zero-order valence-electron chi connectivity index (χ0n) is 13.3. The smallest absolute Gasteiger partial charge is 0.330 e. The lowest BCUT2D eigenvalue weighted by Crippen LogP contribution is -2.22. The summed E-state index contributed by atoms with van der Waals surface area (Å²) in [5, 5.41) is 2.70. The Morgan fingerprint density at radius 2 is 1.59 bits per heavy atom. The number of rotatable bonds is 14. The van der Waals surface area contributed by atoms with E-state index in [1.807, 2.05) is 6.92 Å². The van der Waals surface area contributed by atoms with Crippen molar-refractivity contribution in [2.24, 2.45) is 0 Å². The van der Waals surface area contributed by atoms with Gasteiger partial charge in [0.2, 0.25) is 5.91 Å². The SMILES string of the molecule is C=CC(=O)NCCCCOC(C)OCCCCOC(=O)C=C. The summed E-state index contributed by atoms with van der Waals surface area (Å²) in [5.41, 5.74) is 0. The Morgan fingerprint density at radius 3 is 2.18 bits per heavy atom. The molecule has 1 N–H and O–H groups in total. The van der Waals surface area contributed by atoms with Gasteiger partial charge in [-0.15, -0.1) is 0 Å². The Hall–Kier alpha value is -1.66. The highest BCUT2D eigenvalue weighted by Crippen LogP contribution is 2.00. The van der Waals surface area contributed by atoms with Crippen LogP contribution in [0.2, 0.25) is 0 Å². The second-order valence-electron chi connectivity index (χ2n) is 4.59. The van der Waals surface area contributed by atoms with Crippen LogP contribution in [0.5, 0.6) is 0 Å². The van der Waals surface area contributed by atoms with Crippen molar-refractivity contribution in [2.75, 3.05) is 26.4 Å². The fourth-order valence-corrected chi connectivity index (χ4v) is 1.49. The van der Waals surface area contributed by atoms with E-state index in [9.17, 15) is 9.59 Å². The zero-order valence-corrected chi connectivity index (χ0v) is 13.3. The number of nitrogens with one attached hydrogen (secondary N) is 1. The average Bonchev–Trinajstić information content (AvgIpc) is 2.53. The summed E-state index contributed by atoms with van der Waals surface area (Å²) in [4.78, 5) is 21.7. The largest absolute Gasteiger partial charge is 0.463 e. The topological polar surface area (TPSA) is 73.9 Å². The molecule has 0 saturated heterocycles. The van der Waals surface area contributed by atoms with Crippen LogP contribution in [0.1, 0.15) is 32.6 Å². The van der Waals surface area contributed by atoms with E-state index in [0.29, 0.717) is 26.4 Å². The van der Waals surface area contributed by atoms with Gasteiger partial charge in [-0.25, -0.2) is 4.79 Å². The Bertz CT molecular complexity index is 311. The van der Waals surface area contributed by atoms with E-state index in [1.165, 1.54) is 6.08 Å². The number of amides is 1. The summed E-state index contributed by atoms with van der Waals surface area (Å²) < 4.78 is 15.8. The normalized spacial score (nSPS) is 11.5. The van der Waals surface area contributed by atoms with E-state index in [1.54, 1.807) is 0 Å². The van der Waals surface area contributed by atoms with Gasteiger partial charge in [0.15, 0.2) is 6.29 Å². The highest BCUT2D eigenvalue weighted by atomic mass is 16.7. The number of carbonyl (C=O) groups is 2. The van der Waals surface area contributed by atoms with Gasteiger partial charge >= 0.3 is 5.97 Å². The summed E-state index contributed by atoms with van der Waals surface area (Å²) in [6.45, 7) is 10.7. The minimum absolute atomic E-state index is 0.156. The monoisotopic (exact) mass is 313 g/mol. The maximum absolute atomic E-state index is 10.9. The molecule has 1 atom stereocenters. The van der Waals surface area contributed by atoms with Gasteiger partial charge in [-0.3, -0.25) is 4.79 Å². The third-order valence-electron chi connectivity index (χ3n) is 2.71. The van der Waals surface area contributed by atoms with Gasteiger partial charge in [-0.05, 0) is 38.7 Å². The standard InChI is InChI=1S/C16H27NO5/c1-4-15(18)17-10-6-7-11-20-14(3)21-12-8-9-13-22-16(19)5-2/h4-5,14H,1-2,6-13H2,3H3,(H,17,18). The molecule has 6 nitrogen and oxygen atoms in total. The van der Waals surface area contributed by atoms with Crippen molar-refractivity contribution in [3.63, 3.8) is 0 Å². The number of hydrogen-bond donors (Lipinski definition) is 1. The second kappa shape index (κ2) is 14.3. The molecule has 0 aromatic carbocycles. The molecular formula is C16H27NO5. The Balaban J connectivity index is 3.30. The maximum atomic E-state index is 10.9. The number of ether oxygens (including phenoxy) is 3. The van der Waals surface area contributed by atoms with Gasteiger partial charge < -0.3 is 19.5 Å². The molecular weight excluding hydrogens is 286 g/mol. The fraction of sp³-hybridized carbons (Fsp3) is 0.625. The van der Waals surface area contributed by atoms with Gasteiger partial charge in [0, 0.05) is 25.8 Å². The van der Waals surface area contributed by atoms with Crippen molar-refractivity contribution < 1.29 is 23.8 Å². The number of carbonyl (C=O) groups excluding carboxylic acids is 2. The molecule has 0 aromatic heterocycles. The minimum atomic E-state index is -0.401. The van der Waals surface area contributed by atoms with Crippen LogP contribution < -0.4 is 5.32 Å². The first-order chi connectivity index (χ1) is 10.6. The first-order valence-electron chi connectivity index (χ1n) is 7.52. The third kappa shape index (κ3) is 13.3. The fourth-order valence-electron chi connectivity index (χ4n) is 1.49. The number of unbranched alkanes of at least 4 members (excludes halogenated alkanes) is 2. The highest BCUT2D eigenvalue weighted by Gasteiger charge is 2.02. The average molecular weight is 313 g/mol. The predicted molar refractivity (Wildman–Crippen MR) is 84.2 cm³/mol. The van der Waals surface area contributed by atoms with Crippen LogP contribution in [0.4, 0.5) is 0 Å². The number of hydrogen-bond acceptors (Lipinski definition) is 5. The second-order valence-corrected chi connectivity index (χ2v) is 4.59. The molecule has 22 heavy (non-hydrogen) atoms. The lowest BCUT2D eigenvalue weighted by molar-refractivity contribution is -0.139. The molecule has 0 aliphatic rings. The molecule has 0 bridgehead atoms. The zero-order chi connectivity index (χ0) is 16.6. The first kappa shape index (κ1) is 20.3. The number of esters is 1. The molecule has 0 spiro atoms. The summed E-state index contributed by atoms with van der Waals surface area (Å²) in [5.74, 6) is -0.557. The highest BCUT2D eigenvalue weighted by molar-refractivity contribution is 5.86. The summed E-state index contributed by atoms with van der Waals surface area (Å²) in [6, 6.07) is 0. The van der Waals surface area contributed by atoms with Crippen LogP contribution in [0.25, 0.3) is 0 Å². The Labute approximate surface area is 132 Å². The maximum Gasteiger partial charge on any atom is 0.330 e. The Morgan fingerprint density at radius 1 is 1.00 bits per heavy atom. The summed E-state index contributed by atoms with van der Waals surface area (Å²) in [7, 11) is 0. The van der Waals surface area contributed by atoms with Crippen LogP contribution >= 0.6 is 0 Å². The van der Waals surface area contributed by atoms with E-state index >= 15 is 0 Å².